The zero-order chi connectivity index (χ0) is 15.8. The van der Waals surface area contributed by atoms with Crippen LogP contribution >= 0.6 is 22.9 Å². The van der Waals surface area contributed by atoms with Crippen molar-refractivity contribution in [3.63, 3.8) is 0 Å². The summed E-state index contributed by atoms with van der Waals surface area (Å²) >= 11 is 7.47. The van der Waals surface area contributed by atoms with E-state index in [-0.39, 0.29) is 5.91 Å². The van der Waals surface area contributed by atoms with Gasteiger partial charge in [-0.15, -0.1) is 16.4 Å². The van der Waals surface area contributed by atoms with Crippen molar-refractivity contribution in [2.24, 2.45) is 0 Å². The predicted octanol–water partition coefficient (Wildman–Crippen LogP) is 3.12. The Labute approximate surface area is 141 Å². The van der Waals surface area contributed by atoms with Gasteiger partial charge in [0.2, 0.25) is 0 Å². The number of carbonyl (C=O) groups is 1. The Morgan fingerprint density at radius 2 is 2.09 bits per heavy atom. The number of anilines is 1. The van der Waals surface area contributed by atoms with E-state index in [1.165, 1.54) is 11.2 Å². The first-order valence-corrected chi connectivity index (χ1v) is 8.36. The van der Waals surface area contributed by atoms with E-state index in [4.69, 9.17) is 11.6 Å². The average molecular weight is 346 g/mol. The number of amides is 1. The van der Waals surface area contributed by atoms with Crippen LogP contribution < -0.4 is 5.32 Å². The molecule has 1 aliphatic rings. The van der Waals surface area contributed by atoms with Gasteiger partial charge in [0, 0.05) is 15.6 Å². The molecule has 1 aromatic carbocycles. The molecule has 0 spiro atoms. The van der Waals surface area contributed by atoms with Gasteiger partial charge in [0.15, 0.2) is 0 Å². The van der Waals surface area contributed by atoms with Gasteiger partial charge >= 0.3 is 0 Å². The number of hydrogen-bond donors (Lipinski definition) is 1. The van der Waals surface area contributed by atoms with Crippen molar-refractivity contribution in [1.82, 2.24) is 20.2 Å². The van der Waals surface area contributed by atoms with E-state index in [1.807, 2.05) is 0 Å². The molecule has 2 heterocycles. The van der Waals surface area contributed by atoms with Crippen LogP contribution in [0.2, 0.25) is 5.02 Å². The molecule has 0 unspecified atom stereocenters. The van der Waals surface area contributed by atoms with Crippen LogP contribution in [-0.4, -0.2) is 26.1 Å². The summed E-state index contributed by atoms with van der Waals surface area (Å²) in [4.78, 5) is 14.1. The number of carbonyl (C=O) groups excluding carboxylic acids is 1. The van der Waals surface area contributed by atoms with Crippen molar-refractivity contribution in [3.8, 4) is 5.00 Å². The van der Waals surface area contributed by atoms with E-state index < -0.39 is 0 Å². The van der Waals surface area contributed by atoms with Crippen molar-refractivity contribution in [1.29, 1.82) is 0 Å². The average Bonchev–Trinajstić information content (AvgIpc) is 3.24. The van der Waals surface area contributed by atoms with E-state index in [2.05, 4.69) is 20.8 Å². The Bertz CT molecular complexity index is 857. The minimum Gasteiger partial charge on any atom is -0.322 e. The molecule has 4 rings (SSSR count). The van der Waals surface area contributed by atoms with Crippen LogP contribution in [0, 0.1) is 0 Å². The summed E-state index contributed by atoms with van der Waals surface area (Å²) in [5.74, 6) is -0.141. The molecule has 8 heteroatoms. The van der Waals surface area contributed by atoms with Crippen LogP contribution in [0.1, 0.15) is 27.2 Å². The Morgan fingerprint density at radius 3 is 2.83 bits per heavy atom. The molecule has 0 saturated heterocycles. The lowest BCUT2D eigenvalue weighted by Gasteiger charge is -2.08. The SMILES string of the molecule is O=C(Nc1ccc(Cl)cc1)c1c(-n2cnnn2)sc2c1CCC2. The molecule has 1 aliphatic carbocycles. The highest BCUT2D eigenvalue weighted by Gasteiger charge is 2.28. The van der Waals surface area contributed by atoms with Crippen molar-refractivity contribution in [3.05, 3.63) is 51.6 Å². The topological polar surface area (TPSA) is 72.7 Å². The van der Waals surface area contributed by atoms with Crippen LogP contribution in [0.15, 0.2) is 30.6 Å². The molecule has 0 bridgehead atoms. The Morgan fingerprint density at radius 1 is 1.26 bits per heavy atom. The van der Waals surface area contributed by atoms with Gasteiger partial charge in [-0.2, -0.15) is 4.68 Å². The van der Waals surface area contributed by atoms with E-state index in [0.717, 1.165) is 29.8 Å². The molecule has 0 saturated carbocycles. The lowest BCUT2D eigenvalue weighted by molar-refractivity contribution is 0.102. The zero-order valence-corrected chi connectivity index (χ0v) is 13.6. The number of aromatic nitrogens is 4. The maximum atomic E-state index is 12.8. The van der Waals surface area contributed by atoms with Crippen molar-refractivity contribution in [2.45, 2.75) is 19.3 Å². The van der Waals surface area contributed by atoms with Gasteiger partial charge in [-0.05, 0) is 59.5 Å². The number of nitrogens with zero attached hydrogens (tertiary/aromatic N) is 4. The summed E-state index contributed by atoms with van der Waals surface area (Å²) in [5, 5.41) is 15.6. The molecule has 2 aromatic heterocycles. The standard InChI is InChI=1S/C15H12ClN5OS/c16-9-4-6-10(7-5-9)18-14(22)13-11-2-1-3-12(11)23-15(13)21-8-17-19-20-21/h4-8H,1-3H2,(H,18,22). The second kappa shape index (κ2) is 5.75. The first kappa shape index (κ1) is 14.3. The van der Waals surface area contributed by atoms with Crippen LogP contribution in [0.4, 0.5) is 5.69 Å². The molecule has 0 aliphatic heterocycles. The number of tetrazole rings is 1. The fraction of sp³-hybridized carbons (Fsp3) is 0.200. The monoisotopic (exact) mass is 345 g/mol. The van der Waals surface area contributed by atoms with Crippen molar-refractivity contribution < 1.29 is 4.79 Å². The molecule has 0 atom stereocenters. The highest BCUT2D eigenvalue weighted by Crippen LogP contribution is 2.37. The number of halogens is 1. The van der Waals surface area contributed by atoms with Crippen LogP contribution in [0.25, 0.3) is 5.00 Å². The molecular formula is C15H12ClN5OS. The third kappa shape index (κ3) is 2.62. The minimum atomic E-state index is -0.141. The highest BCUT2D eigenvalue weighted by molar-refractivity contribution is 7.15. The van der Waals surface area contributed by atoms with E-state index >= 15 is 0 Å². The maximum Gasteiger partial charge on any atom is 0.259 e. The lowest BCUT2D eigenvalue weighted by Crippen LogP contribution is -2.15. The molecule has 116 valence electrons. The minimum absolute atomic E-state index is 0.141. The number of hydrogen-bond acceptors (Lipinski definition) is 5. The first-order valence-electron chi connectivity index (χ1n) is 7.17. The third-order valence-electron chi connectivity index (χ3n) is 3.79. The Hall–Kier alpha value is -2.25. The summed E-state index contributed by atoms with van der Waals surface area (Å²) in [6.07, 6.45) is 4.51. The Balaban J connectivity index is 1.72. The van der Waals surface area contributed by atoms with E-state index in [0.29, 0.717) is 16.3 Å². The smallest absolute Gasteiger partial charge is 0.259 e. The second-order valence-electron chi connectivity index (χ2n) is 5.25. The number of benzene rings is 1. The molecule has 3 aromatic rings. The van der Waals surface area contributed by atoms with Gasteiger partial charge in [0.05, 0.1) is 5.56 Å². The van der Waals surface area contributed by atoms with E-state index in [9.17, 15) is 4.79 Å². The van der Waals surface area contributed by atoms with Gasteiger partial charge in [-0.25, -0.2) is 0 Å². The lowest BCUT2D eigenvalue weighted by atomic mass is 10.1. The molecule has 1 amide bonds. The largest absolute Gasteiger partial charge is 0.322 e. The third-order valence-corrected chi connectivity index (χ3v) is 5.32. The summed E-state index contributed by atoms with van der Waals surface area (Å²) < 4.78 is 1.56. The van der Waals surface area contributed by atoms with Crippen LogP contribution in [-0.2, 0) is 12.8 Å². The quantitative estimate of drug-likeness (QED) is 0.791. The fourth-order valence-electron chi connectivity index (χ4n) is 2.77. The summed E-state index contributed by atoms with van der Waals surface area (Å²) in [5.41, 5.74) is 2.50. The molecule has 0 radical (unpaired) electrons. The predicted molar refractivity (Wildman–Crippen MR) is 88.5 cm³/mol. The molecular weight excluding hydrogens is 334 g/mol. The van der Waals surface area contributed by atoms with Gasteiger partial charge in [-0.3, -0.25) is 4.79 Å². The van der Waals surface area contributed by atoms with Gasteiger partial charge < -0.3 is 5.32 Å². The molecule has 6 nitrogen and oxygen atoms in total. The van der Waals surface area contributed by atoms with E-state index in [1.54, 1.807) is 40.3 Å². The van der Waals surface area contributed by atoms with Gasteiger partial charge in [0.1, 0.15) is 11.3 Å². The fourth-order valence-corrected chi connectivity index (χ4v) is 4.19. The molecule has 1 N–H and O–H groups in total. The van der Waals surface area contributed by atoms with Crippen molar-refractivity contribution >= 4 is 34.5 Å². The number of rotatable bonds is 3. The zero-order valence-electron chi connectivity index (χ0n) is 12.0. The number of thiophene rings is 1. The molecule has 23 heavy (non-hydrogen) atoms. The summed E-state index contributed by atoms with van der Waals surface area (Å²) in [6.45, 7) is 0. The van der Waals surface area contributed by atoms with Gasteiger partial charge in [0.25, 0.3) is 5.91 Å². The number of nitrogens with one attached hydrogen (secondary N) is 1. The number of aryl methyl sites for hydroxylation is 1. The first-order chi connectivity index (χ1) is 11.2. The van der Waals surface area contributed by atoms with Crippen molar-refractivity contribution in [2.75, 3.05) is 5.32 Å². The summed E-state index contributed by atoms with van der Waals surface area (Å²) in [7, 11) is 0. The Kier molecular flexibility index (Phi) is 3.59. The summed E-state index contributed by atoms with van der Waals surface area (Å²) in [6, 6.07) is 7.06. The highest BCUT2D eigenvalue weighted by atomic mass is 35.5. The van der Waals surface area contributed by atoms with Crippen LogP contribution in [0.3, 0.4) is 0 Å². The number of fused-ring (bicyclic) bond motifs is 1. The maximum absolute atomic E-state index is 12.8. The second-order valence-corrected chi connectivity index (χ2v) is 6.77. The molecule has 0 fully saturated rings. The van der Waals surface area contributed by atoms with Gasteiger partial charge in [-0.1, -0.05) is 11.6 Å². The van der Waals surface area contributed by atoms with Crippen LogP contribution in [0.5, 0.6) is 0 Å². The normalized spacial score (nSPS) is 13.1.